The Labute approximate surface area is 246 Å². The summed E-state index contributed by atoms with van der Waals surface area (Å²) >= 11 is 8.06. The highest BCUT2D eigenvalue weighted by Gasteiger charge is 2.22. The van der Waals surface area contributed by atoms with Crippen LogP contribution in [0.3, 0.4) is 0 Å². The summed E-state index contributed by atoms with van der Waals surface area (Å²) in [5.41, 5.74) is 6.14. The summed E-state index contributed by atoms with van der Waals surface area (Å²) in [6.07, 6.45) is 0. The van der Waals surface area contributed by atoms with Crippen LogP contribution in [-0.4, -0.2) is 54.0 Å². The van der Waals surface area contributed by atoms with E-state index < -0.39 is 0 Å². The zero-order chi connectivity index (χ0) is 28.1. The molecule has 0 radical (unpaired) electrons. The minimum absolute atomic E-state index is 0.0137. The molecule has 5 rings (SSSR count). The quantitative estimate of drug-likeness (QED) is 0.175. The Morgan fingerprint density at radius 2 is 1.50 bits per heavy atom. The van der Waals surface area contributed by atoms with Gasteiger partial charge in [0.05, 0.1) is 10.7 Å². The Kier molecular flexibility index (Phi) is 8.92. The Bertz CT molecular complexity index is 1460. The van der Waals surface area contributed by atoms with Crippen LogP contribution < -0.4 is 9.80 Å². The number of hydrogen-bond acceptors (Lipinski definition) is 6. The first-order chi connectivity index (χ1) is 19.4. The van der Waals surface area contributed by atoms with Crippen LogP contribution in [0.25, 0.3) is 0 Å². The summed E-state index contributed by atoms with van der Waals surface area (Å²) in [7, 11) is 1.84. The molecule has 1 fully saturated rings. The molecule has 0 N–H and O–H groups in total. The molecule has 206 valence electrons. The third-order valence-electron chi connectivity index (χ3n) is 7.29. The number of hydrogen-bond donors (Lipinski definition) is 0. The van der Waals surface area contributed by atoms with Crippen molar-refractivity contribution in [3.05, 3.63) is 112 Å². The van der Waals surface area contributed by atoms with E-state index in [4.69, 9.17) is 21.6 Å². The van der Waals surface area contributed by atoms with Crippen molar-refractivity contribution in [3.63, 3.8) is 0 Å². The monoisotopic (exact) mass is 571 g/mol. The zero-order valence-corrected chi connectivity index (χ0v) is 24.8. The van der Waals surface area contributed by atoms with Crippen molar-refractivity contribution in [1.29, 1.82) is 0 Å². The van der Waals surface area contributed by atoms with Gasteiger partial charge in [-0.3, -0.25) is 4.79 Å². The SMILES string of the molecule is Cc1nc(SCc2ccc(C(=O)N(C)Cc3ccccc3)cc2)nc(N2CCN(c3ccccc3Cl)CC2)c1C. The average molecular weight is 572 g/mol. The van der Waals surface area contributed by atoms with Crippen molar-refractivity contribution < 1.29 is 4.79 Å². The lowest BCUT2D eigenvalue weighted by atomic mass is 10.1. The molecule has 0 spiro atoms. The zero-order valence-electron chi connectivity index (χ0n) is 23.2. The molecule has 8 heteroatoms. The first-order valence-corrected chi connectivity index (χ1v) is 14.9. The van der Waals surface area contributed by atoms with Crippen molar-refractivity contribution >= 4 is 40.8 Å². The smallest absolute Gasteiger partial charge is 0.253 e. The van der Waals surface area contributed by atoms with E-state index in [0.717, 1.165) is 76.0 Å². The first-order valence-electron chi connectivity index (χ1n) is 13.5. The molecule has 0 saturated carbocycles. The number of nitrogens with zero attached hydrogens (tertiary/aromatic N) is 5. The van der Waals surface area contributed by atoms with Crippen LogP contribution in [0.2, 0.25) is 5.02 Å². The van der Waals surface area contributed by atoms with Crippen molar-refractivity contribution in [1.82, 2.24) is 14.9 Å². The van der Waals surface area contributed by atoms with Crippen molar-refractivity contribution in [3.8, 4) is 0 Å². The molecule has 0 aliphatic carbocycles. The van der Waals surface area contributed by atoms with Crippen LogP contribution in [0.1, 0.15) is 32.7 Å². The number of aromatic nitrogens is 2. The standard InChI is InChI=1S/C32H34ClN5OS/c1-23-24(2)34-32(35-30(23)38-19-17-37(18-20-38)29-12-8-7-11-28(29)33)40-22-26-13-15-27(16-14-26)31(39)36(3)21-25-9-5-4-6-10-25/h4-16H,17-22H2,1-3H3. The molecule has 1 aliphatic heterocycles. The largest absolute Gasteiger partial charge is 0.367 e. The van der Waals surface area contributed by atoms with Gasteiger partial charge in [0.2, 0.25) is 0 Å². The van der Waals surface area contributed by atoms with Gasteiger partial charge in [-0.1, -0.05) is 78.0 Å². The summed E-state index contributed by atoms with van der Waals surface area (Å²) < 4.78 is 0. The molecular formula is C32H34ClN5OS. The molecule has 3 aromatic carbocycles. The van der Waals surface area contributed by atoms with Gasteiger partial charge in [0.1, 0.15) is 5.82 Å². The summed E-state index contributed by atoms with van der Waals surface area (Å²) in [5, 5.41) is 1.56. The maximum absolute atomic E-state index is 12.9. The van der Waals surface area contributed by atoms with E-state index in [1.807, 2.05) is 79.8 Å². The summed E-state index contributed by atoms with van der Waals surface area (Å²) in [6.45, 7) is 8.27. The lowest BCUT2D eigenvalue weighted by Crippen LogP contribution is -2.47. The van der Waals surface area contributed by atoms with Gasteiger partial charge < -0.3 is 14.7 Å². The van der Waals surface area contributed by atoms with Crippen LogP contribution in [0, 0.1) is 13.8 Å². The van der Waals surface area contributed by atoms with E-state index in [-0.39, 0.29) is 5.91 Å². The number of halogens is 1. The number of benzene rings is 3. The van der Waals surface area contributed by atoms with Gasteiger partial charge in [0.15, 0.2) is 5.16 Å². The fourth-order valence-corrected chi connectivity index (χ4v) is 5.97. The van der Waals surface area contributed by atoms with Crippen LogP contribution in [0.15, 0.2) is 84.0 Å². The van der Waals surface area contributed by atoms with Gasteiger partial charge in [-0.05, 0) is 49.2 Å². The normalized spacial score (nSPS) is 13.4. The van der Waals surface area contributed by atoms with Gasteiger partial charge in [0.25, 0.3) is 5.91 Å². The molecule has 4 aromatic rings. The van der Waals surface area contributed by atoms with Crippen LogP contribution in [0.4, 0.5) is 11.5 Å². The highest BCUT2D eigenvalue weighted by Crippen LogP contribution is 2.30. The topological polar surface area (TPSA) is 52.6 Å². The highest BCUT2D eigenvalue weighted by atomic mass is 35.5. The van der Waals surface area contributed by atoms with E-state index in [2.05, 4.69) is 29.7 Å². The highest BCUT2D eigenvalue weighted by molar-refractivity contribution is 7.98. The van der Waals surface area contributed by atoms with Crippen LogP contribution >= 0.6 is 23.4 Å². The van der Waals surface area contributed by atoms with Gasteiger partial charge >= 0.3 is 0 Å². The van der Waals surface area contributed by atoms with Crippen LogP contribution in [-0.2, 0) is 12.3 Å². The lowest BCUT2D eigenvalue weighted by Gasteiger charge is -2.37. The molecule has 1 aliphatic rings. The van der Waals surface area contributed by atoms with Gasteiger partial charge in [-0.2, -0.15) is 0 Å². The van der Waals surface area contributed by atoms with E-state index in [1.165, 1.54) is 0 Å². The molecule has 1 saturated heterocycles. The number of piperazine rings is 1. The predicted octanol–water partition coefficient (Wildman–Crippen LogP) is 6.64. The molecule has 40 heavy (non-hydrogen) atoms. The molecule has 0 bridgehead atoms. The molecule has 0 atom stereocenters. The maximum atomic E-state index is 12.9. The third-order valence-corrected chi connectivity index (χ3v) is 8.53. The van der Waals surface area contributed by atoms with E-state index in [9.17, 15) is 4.79 Å². The van der Waals surface area contributed by atoms with Crippen LogP contribution in [0.5, 0.6) is 0 Å². The van der Waals surface area contributed by atoms with Gasteiger partial charge in [0, 0.05) is 62.3 Å². The number of carbonyl (C=O) groups excluding carboxylic acids is 1. The first kappa shape index (κ1) is 28.0. The number of carbonyl (C=O) groups is 1. The number of para-hydroxylation sites is 1. The molecule has 6 nitrogen and oxygen atoms in total. The van der Waals surface area contributed by atoms with Crippen molar-refractivity contribution in [2.45, 2.75) is 31.3 Å². The molecule has 2 heterocycles. The lowest BCUT2D eigenvalue weighted by molar-refractivity contribution is 0.0785. The number of thioether (sulfide) groups is 1. The summed E-state index contributed by atoms with van der Waals surface area (Å²) in [4.78, 5) is 29.1. The Morgan fingerprint density at radius 1 is 0.850 bits per heavy atom. The second-order valence-electron chi connectivity index (χ2n) is 10.1. The van der Waals surface area contributed by atoms with E-state index in [1.54, 1.807) is 16.7 Å². The third kappa shape index (κ3) is 6.60. The van der Waals surface area contributed by atoms with Gasteiger partial charge in [-0.15, -0.1) is 0 Å². The predicted molar refractivity (Wildman–Crippen MR) is 166 cm³/mol. The number of anilines is 2. The number of rotatable bonds is 8. The fourth-order valence-electron chi connectivity index (χ4n) is 4.87. The molecule has 0 unspecified atom stereocenters. The minimum atomic E-state index is 0.0137. The summed E-state index contributed by atoms with van der Waals surface area (Å²) in [6, 6.07) is 25.9. The summed E-state index contributed by atoms with van der Waals surface area (Å²) in [5.74, 6) is 1.76. The average Bonchev–Trinajstić information content (AvgIpc) is 2.98. The van der Waals surface area contributed by atoms with Gasteiger partial charge in [-0.25, -0.2) is 9.97 Å². The fraction of sp³-hybridized carbons (Fsp3) is 0.281. The van der Waals surface area contributed by atoms with Crippen molar-refractivity contribution in [2.24, 2.45) is 0 Å². The Morgan fingerprint density at radius 3 is 2.20 bits per heavy atom. The minimum Gasteiger partial charge on any atom is -0.367 e. The Balaban J connectivity index is 1.20. The number of aryl methyl sites for hydroxylation is 1. The Hall–Kier alpha value is -3.55. The second kappa shape index (κ2) is 12.7. The van der Waals surface area contributed by atoms with E-state index in [0.29, 0.717) is 12.1 Å². The molecule has 1 amide bonds. The molecule has 1 aromatic heterocycles. The maximum Gasteiger partial charge on any atom is 0.253 e. The van der Waals surface area contributed by atoms with E-state index >= 15 is 0 Å². The second-order valence-corrected chi connectivity index (χ2v) is 11.4. The number of amides is 1. The van der Waals surface area contributed by atoms with Crippen molar-refractivity contribution in [2.75, 3.05) is 43.0 Å². The molecular weight excluding hydrogens is 538 g/mol.